The van der Waals surface area contributed by atoms with Crippen LogP contribution in [0, 0.1) is 23.7 Å². The minimum Gasteiger partial charge on any atom is -0.465 e. The molecule has 9 unspecified atom stereocenters. The Labute approximate surface area is 343 Å². The highest BCUT2D eigenvalue weighted by Gasteiger charge is 2.81. The molecule has 280 valence electrons. The molecule has 0 amide bonds. The summed E-state index contributed by atoms with van der Waals surface area (Å²) < 4.78 is 5.92. The second-order valence-corrected chi connectivity index (χ2v) is 22.1. The van der Waals surface area contributed by atoms with Gasteiger partial charge < -0.3 is 4.74 Å². The molecule has 3 fully saturated rings. The van der Waals surface area contributed by atoms with Gasteiger partial charge in [0.15, 0.2) is 0 Å². The van der Waals surface area contributed by atoms with Gasteiger partial charge in [0.05, 0.1) is 6.61 Å². The molecular formula is C56H38O2S. The first kappa shape index (κ1) is 29.3. The van der Waals surface area contributed by atoms with Crippen LogP contribution in [0.15, 0.2) is 65.4 Å². The standard InChI is InChI=1S/C56H38O2S/c57-32(58-11-8-22-9-12-59-21-22)7-4-10-55(30-5-2-1-3-6-30)54-31-19-28-17-25-15-26-14-23-13-24-16-27-18-29-20-56(54,55)53-39(29)44-38(27)43-34(24)33(23)41-37(26)42-35(25)36(28)45-40(31)52(53)51-49(44)47(43)46(41)48(42)50(45)51/h1-3,5-6,9,12,15,18-19,21,23-24,26,29,33,37,54H,4,7-8,10-11,13-14,16-17,20H2. The first-order chi connectivity index (χ1) is 29.2. The summed E-state index contributed by atoms with van der Waals surface area (Å²) in [6.07, 6.45) is 15.3. The predicted octanol–water partition coefficient (Wildman–Crippen LogP) is 11.0. The van der Waals surface area contributed by atoms with Crippen LogP contribution in [0.4, 0.5) is 0 Å². The summed E-state index contributed by atoms with van der Waals surface area (Å²) in [7, 11) is 0. The number of hydrogen-bond donors (Lipinski definition) is 0. The lowest BCUT2D eigenvalue weighted by atomic mass is 9.61. The molecule has 0 radical (unpaired) electrons. The maximum atomic E-state index is 13.5. The Balaban J connectivity index is 0.939. The lowest BCUT2D eigenvalue weighted by Gasteiger charge is -2.42. The normalized spacial score (nSPS) is 33.6. The van der Waals surface area contributed by atoms with Crippen molar-refractivity contribution in [2.24, 2.45) is 23.7 Å². The van der Waals surface area contributed by atoms with Gasteiger partial charge in [-0.1, -0.05) is 54.1 Å². The fourth-order valence-electron chi connectivity index (χ4n) is 18.9. The summed E-state index contributed by atoms with van der Waals surface area (Å²) in [5.74, 6) is 4.30. The van der Waals surface area contributed by atoms with E-state index in [-0.39, 0.29) is 16.8 Å². The second kappa shape index (κ2) is 8.62. The molecule has 0 bridgehead atoms. The summed E-state index contributed by atoms with van der Waals surface area (Å²) in [5, 5.41) is 24.7. The molecule has 0 saturated heterocycles. The van der Waals surface area contributed by atoms with Gasteiger partial charge in [0, 0.05) is 47.3 Å². The van der Waals surface area contributed by atoms with Crippen LogP contribution in [-0.2, 0) is 33.2 Å². The van der Waals surface area contributed by atoms with E-state index < -0.39 is 0 Å². The maximum Gasteiger partial charge on any atom is 0.305 e. The van der Waals surface area contributed by atoms with E-state index in [1.165, 1.54) is 36.8 Å². The highest BCUT2D eigenvalue weighted by atomic mass is 32.1. The van der Waals surface area contributed by atoms with Gasteiger partial charge in [-0.05, 0) is 211 Å². The molecule has 3 saturated carbocycles. The van der Waals surface area contributed by atoms with Crippen molar-refractivity contribution in [2.75, 3.05) is 6.61 Å². The fourth-order valence-corrected chi connectivity index (χ4v) is 19.6. The van der Waals surface area contributed by atoms with Crippen LogP contribution in [0.1, 0.15) is 113 Å². The Bertz CT molecular complexity index is 3710. The zero-order valence-corrected chi connectivity index (χ0v) is 33.5. The number of esters is 1. The number of allylic oxidation sites excluding steroid dienone is 4. The Morgan fingerprint density at radius 2 is 1.71 bits per heavy atom. The van der Waals surface area contributed by atoms with E-state index >= 15 is 0 Å². The molecule has 0 N–H and O–H groups in total. The van der Waals surface area contributed by atoms with Crippen LogP contribution in [0.3, 0.4) is 0 Å². The average Bonchev–Trinajstić information content (AvgIpc) is 4.03. The molecule has 11 aliphatic rings. The molecule has 59 heavy (non-hydrogen) atoms. The van der Waals surface area contributed by atoms with Crippen LogP contribution < -0.4 is 10.4 Å². The largest absolute Gasteiger partial charge is 0.465 e. The number of carbonyl (C=O) groups is 1. The number of rotatable bonds is 8. The van der Waals surface area contributed by atoms with Crippen molar-refractivity contribution in [3.8, 4) is 0 Å². The SMILES string of the molecule is O=C(CCCC1(c2ccccc2)C2c3cc4c5c6c7c8c9c%10c%11c%12c%13c%14c(c%15c3c5c8c%15c%13%10)C21CC%14C=C%12CC1CC2CC(C=C6C4)C7C=9C2C=%111)OCCc1ccsc1. The van der Waals surface area contributed by atoms with Gasteiger partial charge in [-0.2, -0.15) is 11.3 Å². The third-order valence-electron chi connectivity index (χ3n) is 19.8. The zero-order chi connectivity index (χ0) is 37.3. The lowest BCUT2D eigenvalue weighted by Crippen LogP contribution is -2.37. The average molecular weight is 775 g/mol. The van der Waals surface area contributed by atoms with Crippen molar-refractivity contribution in [1.82, 2.24) is 0 Å². The van der Waals surface area contributed by atoms with E-state index in [0.717, 1.165) is 31.6 Å². The number of ether oxygens (including phenoxy) is 1. The van der Waals surface area contributed by atoms with E-state index in [2.05, 4.69) is 65.4 Å². The van der Waals surface area contributed by atoms with Crippen molar-refractivity contribution >= 4 is 93.5 Å². The Morgan fingerprint density at radius 3 is 2.63 bits per heavy atom. The molecule has 1 spiro atoms. The van der Waals surface area contributed by atoms with E-state index in [1.54, 1.807) is 126 Å². The van der Waals surface area contributed by atoms with Crippen LogP contribution >= 0.6 is 11.3 Å². The molecule has 2 nitrogen and oxygen atoms in total. The van der Waals surface area contributed by atoms with Crippen molar-refractivity contribution in [3.05, 3.63) is 126 Å². The Morgan fingerprint density at radius 1 is 0.814 bits per heavy atom. The minimum atomic E-state index is -0.0573. The first-order valence-electron chi connectivity index (χ1n) is 23.0. The van der Waals surface area contributed by atoms with Crippen LogP contribution in [0.2, 0.25) is 0 Å². The molecule has 0 aliphatic heterocycles. The van der Waals surface area contributed by atoms with Gasteiger partial charge in [-0.15, -0.1) is 0 Å². The van der Waals surface area contributed by atoms with Crippen molar-refractivity contribution < 1.29 is 9.53 Å². The summed E-state index contributed by atoms with van der Waals surface area (Å²) >= 11 is 1.71. The summed E-state index contributed by atoms with van der Waals surface area (Å²) in [5.41, 5.74) is 21.9. The van der Waals surface area contributed by atoms with Crippen LogP contribution in [-0.4, -0.2) is 12.6 Å². The Kier molecular flexibility index (Phi) is 4.27. The van der Waals surface area contributed by atoms with Gasteiger partial charge >= 0.3 is 5.97 Å². The second-order valence-electron chi connectivity index (χ2n) is 21.3. The number of hydrogen-bond acceptors (Lipinski definition) is 3. The Hall–Kier alpha value is -4.99. The monoisotopic (exact) mass is 774 g/mol. The molecule has 7 aromatic carbocycles. The quantitative estimate of drug-likeness (QED) is 0.114. The molecule has 11 aliphatic carbocycles. The third kappa shape index (κ3) is 2.58. The minimum absolute atomic E-state index is 0.0268. The molecule has 8 aromatic rings. The van der Waals surface area contributed by atoms with E-state index in [9.17, 15) is 4.79 Å². The zero-order valence-electron chi connectivity index (χ0n) is 32.7. The molecule has 1 heterocycles. The number of benzene rings is 5. The van der Waals surface area contributed by atoms with Crippen LogP contribution in [0.5, 0.6) is 0 Å². The molecule has 1 aromatic heterocycles. The van der Waals surface area contributed by atoms with Gasteiger partial charge in [-0.3, -0.25) is 4.79 Å². The molecule has 3 heteroatoms. The highest BCUT2D eigenvalue weighted by molar-refractivity contribution is 7.07. The molecule has 19 rings (SSSR count). The van der Waals surface area contributed by atoms with Crippen molar-refractivity contribution in [3.63, 3.8) is 0 Å². The lowest BCUT2D eigenvalue weighted by molar-refractivity contribution is -0.143. The molecule has 9 atom stereocenters. The van der Waals surface area contributed by atoms with E-state index in [0.29, 0.717) is 48.5 Å². The van der Waals surface area contributed by atoms with Crippen molar-refractivity contribution in [2.45, 2.75) is 86.4 Å². The van der Waals surface area contributed by atoms with Crippen molar-refractivity contribution in [1.29, 1.82) is 0 Å². The van der Waals surface area contributed by atoms with Gasteiger partial charge in [0.1, 0.15) is 0 Å². The third-order valence-corrected chi connectivity index (χ3v) is 20.5. The van der Waals surface area contributed by atoms with E-state index in [1.807, 2.05) is 11.1 Å². The number of carbonyl (C=O) groups excluding carboxylic acids is 1. The summed E-state index contributed by atoms with van der Waals surface area (Å²) in [4.78, 5) is 13.5. The number of thiophene rings is 1. The number of fused-ring (bicyclic) bond motifs is 1. The smallest absolute Gasteiger partial charge is 0.305 e. The maximum absolute atomic E-state index is 13.5. The topological polar surface area (TPSA) is 26.3 Å². The van der Waals surface area contributed by atoms with Gasteiger partial charge in [-0.25, -0.2) is 0 Å². The van der Waals surface area contributed by atoms with Crippen LogP contribution in [0.25, 0.3) is 76.2 Å². The van der Waals surface area contributed by atoms with E-state index in [4.69, 9.17) is 4.74 Å². The summed E-state index contributed by atoms with van der Waals surface area (Å²) in [6, 6.07) is 16.7. The predicted molar refractivity (Wildman–Crippen MR) is 237 cm³/mol. The summed E-state index contributed by atoms with van der Waals surface area (Å²) in [6.45, 7) is 0.471. The first-order valence-corrected chi connectivity index (χ1v) is 23.9. The van der Waals surface area contributed by atoms with Gasteiger partial charge in [0.25, 0.3) is 0 Å². The van der Waals surface area contributed by atoms with Gasteiger partial charge in [0.2, 0.25) is 0 Å². The molecular weight excluding hydrogens is 737 g/mol. The highest BCUT2D eigenvalue weighted by Crippen LogP contribution is 2.87. The fraction of sp³-hybridized carbons (Fsp3) is 0.339.